The number of ketones is 1. The van der Waals surface area contributed by atoms with Gasteiger partial charge >= 0.3 is 0 Å². The molecule has 1 aliphatic rings. The van der Waals surface area contributed by atoms with Gasteiger partial charge in [0.2, 0.25) is 0 Å². The molecule has 31 heavy (non-hydrogen) atoms. The molecule has 1 N–H and O–H groups in total. The third-order valence-electron chi connectivity index (χ3n) is 5.51. The Labute approximate surface area is 179 Å². The van der Waals surface area contributed by atoms with E-state index in [0.29, 0.717) is 48.7 Å². The summed E-state index contributed by atoms with van der Waals surface area (Å²) in [6.45, 7) is 3.32. The normalized spacial score (nSPS) is 13.9. The first-order valence-corrected chi connectivity index (χ1v) is 10.0. The number of aromatic amines is 1. The summed E-state index contributed by atoms with van der Waals surface area (Å²) in [6, 6.07) is 11.9. The zero-order chi connectivity index (χ0) is 22.0. The number of amides is 1. The third-order valence-corrected chi connectivity index (χ3v) is 5.51. The van der Waals surface area contributed by atoms with Gasteiger partial charge in [0.15, 0.2) is 5.78 Å². The fourth-order valence-corrected chi connectivity index (χ4v) is 3.73. The lowest BCUT2D eigenvalue weighted by Crippen LogP contribution is -2.49. The average Bonchev–Trinajstić information content (AvgIpc) is 3.28. The molecule has 4 rings (SSSR count). The number of Topliss-reactive ketones (excluding diaryl/α,β-unsaturated/α-hetero) is 1. The minimum absolute atomic E-state index is 0.119. The van der Waals surface area contributed by atoms with Gasteiger partial charge in [-0.3, -0.25) is 14.7 Å². The topological polar surface area (TPSA) is 78.5 Å². The van der Waals surface area contributed by atoms with Gasteiger partial charge in [0.1, 0.15) is 11.6 Å². The van der Waals surface area contributed by atoms with E-state index in [1.807, 2.05) is 29.2 Å². The number of methoxy groups -OCH3 is 1. The predicted octanol–water partition coefficient (Wildman–Crippen LogP) is 3.39. The number of hydrogen-bond acceptors (Lipinski definition) is 5. The van der Waals surface area contributed by atoms with Gasteiger partial charge in [0.25, 0.3) is 5.91 Å². The minimum Gasteiger partial charge on any atom is -0.497 e. The Bertz CT molecular complexity index is 1100. The monoisotopic (exact) mass is 422 g/mol. The summed E-state index contributed by atoms with van der Waals surface area (Å²) in [4.78, 5) is 28.2. The second kappa shape index (κ2) is 8.59. The Kier molecular flexibility index (Phi) is 5.70. The second-order valence-electron chi connectivity index (χ2n) is 7.39. The Hall–Kier alpha value is -3.68. The van der Waals surface area contributed by atoms with Crippen LogP contribution in [0.15, 0.2) is 48.7 Å². The number of anilines is 1. The number of nitrogens with zero attached hydrogens (tertiary/aromatic N) is 3. The number of carbonyl (C=O) groups is 2. The molecule has 3 aromatic rings. The van der Waals surface area contributed by atoms with Crippen molar-refractivity contribution in [1.82, 2.24) is 15.1 Å². The number of H-pyrrole nitrogens is 1. The van der Waals surface area contributed by atoms with Gasteiger partial charge in [0, 0.05) is 37.3 Å². The molecule has 0 spiro atoms. The number of aromatic nitrogens is 2. The first-order chi connectivity index (χ1) is 15.0. The van der Waals surface area contributed by atoms with E-state index in [-0.39, 0.29) is 11.7 Å². The van der Waals surface area contributed by atoms with E-state index in [1.165, 1.54) is 19.2 Å². The standard InChI is InChI=1S/C23H23FN4O3/c1-15(29)17-5-8-21(20(24)13-17)27-9-11-28(12-10-27)23(30)19-14-25-26-22(19)16-3-6-18(31-2)7-4-16/h3-8,13-14H,9-12H2,1-2H3,(H,25,26). The Morgan fingerprint density at radius 3 is 2.39 bits per heavy atom. The van der Waals surface area contributed by atoms with Crippen molar-refractivity contribution < 1.29 is 18.7 Å². The molecular formula is C23H23FN4O3. The number of piperazine rings is 1. The zero-order valence-corrected chi connectivity index (χ0v) is 17.4. The van der Waals surface area contributed by atoms with E-state index in [4.69, 9.17) is 4.74 Å². The summed E-state index contributed by atoms with van der Waals surface area (Å²) >= 11 is 0. The van der Waals surface area contributed by atoms with Crippen molar-refractivity contribution in [2.24, 2.45) is 0 Å². The van der Waals surface area contributed by atoms with Crippen LogP contribution >= 0.6 is 0 Å². The molecule has 2 aromatic carbocycles. The summed E-state index contributed by atoms with van der Waals surface area (Å²) in [7, 11) is 1.60. The molecule has 0 unspecified atom stereocenters. The minimum atomic E-state index is -0.427. The van der Waals surface area contributed by atoms with E-state index in [0.717, 1.165) is 11.3 Å². The average molecular weight is 422 g/mol. The molecule has 1 saturated heterocycles. The Balaban J connectivity index is 1.46. The quantitative estimate of drug-likeness (QED) is 0.638. The van der Waals surface area contributed by atoms with Crippen LogP contribution in [0, 0.1) is 5.82 Å². The van der Waals surface area contributed by atoms with Gasteiger partial charge in [-0.25, -0.2) is 4.39 Å². The van der Waals surface area contributed by atoms with E-state index in [1.54, 1.807) is 24.1 Å². The summed E-state index contributed by atoms with van der Waals surface area (Å²) < 4.78 is 19.7. The van der Waals surface area contributed by atoms with Crippen LogP contribution < -0.4 is 9.64 Å². The maximum absolute atomic E-state index is 14.5. The molecule has 1 aromatic heterocycles. The molecule has 8 heteroatoms. The zero-order valence-electron chi connectivity index (χ0n) is 17.4. The van der Waals surface area contributed by atoms with Crippen molar-refractivity contribution in [2.45, 2.75) is 6.92 Å². The van der Waals surface area contributed by atoms with Crippen molar-refractivity contribution in [3.8, 4) is 17.0 Å². The highest BCUT2D eigenvalue weighted by Crippen LogP contribution is 2.26. The molecule has 1 aliphatic heterocycles. The van der Waals surface area contributed by atoms with E-state index >= 15 is 0 Å². The molecule has 1 amide bonds. The first-order valence-electron chi connectivity index (χ1n) is 10.0. The van der Waals surface area contributed by atoms with Crippen LogP contribution in [-0.2, 0) is 0 Å². The number of rotatable bonds is 5. The molecule has 0 aliphatic carbocycles. The number of nitrogens with one attached hydrogen (secondary N) is 1. The Morgan fingerprint density at radius 2 is 1.77 bits per heavy atom. The molecule has 7 nitrogen and oxygen atoms in total. The highest BCUT2D eigenvalue weighted by Gasteiger charge is 2.26. The lowest BCUT2D eigenvalue weighted by molar-refractivity contribution is 0.0747. The fourth-order valence-electron chi connectivity index (χ4n) is 3.73. The van der Waals surface area contributed by atoms with Gasteiger partial charge in [-0.2, -0.15) is 5.10 Å². The number of hydrogen-bond donors (Lipinski definition) is 1. The summed E-state index contributed by atoms with van der Waals surface area (Å²) in [5.74, 6) is 0.0141. The SMILES string of the molecule is COc1ccc(-c2[nH]ncc2C(=O)N2CCN(c3ccc(C(C)=O)cc3F)CC2)cc1. The first kappa shape index (κ1) is 20.6. The summed E-state index contributed by atoms with van der Waals surface area (Å²) in [5, 5.41) is 6.97. The van der Waals surface area contributed by atoms with Gasteiger partial charge in [0.05, 0.1) is 30.3 Å². The molecule has 1 fully saturated rings. The number of carbonyl (C=O) groups excluding carboxylic acids is 2. The number of halogens is 1. The number of ether oxygens (including phenoxy) is 1. The van der Waals surface area contributed by atoms with Gasteiger partial charge in [-0.1, -0.05) is 0 Å². The lowest BCUT2D eigenvalue weighted by atomic mass is 10.1. The molecule has 0 atom stereocenters. The third kappa shape index (κ3) is 4.14. The molecule has 0 radical (unpaired) electrons. The second-order valence-corrected chi connectivity index (χ2v) is 7.39. The summed E-state index contributed by atoms with van der Waals surface area (Å²) in [5.41, 5.74) is 2.78. The molecule has 0 saturated carbocycles. The maximum atomic E-state index is 14.5. The van der Waals surface area contributed by atoms with E-state index < -0.39 is 5.82 Å². The van der Waals surface area contributed by atoms with Crippen LogP contribution in [0.3, 0.4) is 0 Å². The molecule has 2 heterocycles. The van der Waals surface area contributed by atoms with Crippen LogP contribution in [0.25, 0.3) is 11.3 Å². The molecular weight excluding hydrogens is 399 g/mol. The van der Waals surface area contributed by atoms with Crippen LogP contribution in [-0.4, -0.2) is 60.1 Å². The number of benzene rings is 2. The molecule has 160 valence electrons. The van der Waals surface area contributed by atoms with Crippen molar-refractivity contribution >= 4 is 17.4 Å². The van der Waals surface area contributed by atoms with Crippen LogP contribution in [0.1, 0.15) is 27.6 Å². The highest BCUT2D eigenvalue weighted by molar-refractivity contribution is 6.00. The van der Waals surface area contributed by atoms with Gasteiger partial charge in [-0.05, 0) is 49.4 Å². The van der Waals surface area contributed by atoms with E-state index in [9.17, 15) is 14.0 Å². The fraction of sp³-hybridized carbons (Fsp3) is 0.261. The summed E-state index contributed by atoms with van der Waals surface area (Å²) in [6.07, 6.45) is 1.54. The maximum Gasteiger partial charge on any atom is 0.257 e. The van der Waals surface area contributed by atoms with Crippen LogP contribution in [0.5, 0.6) is 5.75 Å². The lowest BCUT2D eigenvalue weighted by Gasteiger charge is -2.36. The van der Waals surface area contributed by atoms with Gasteiger partial charge < -0.3 is 14.5 Å². The Morgan fingerprint density at radius 1 is 1.06 bits per heavy atom. The van der Waals surface area contributed by atoms with Crippen molar-refractivity contribution in [3.63, 3.8) is 0 Å². The van der Waals surface area contributed by atoms with Crippen molar-refractivity contribution in [2.75, 3.05) is 38.2 Å². The van der Waals surface area contributed by atoms with Crippen LogP contribution in [0.2, 0.25) is 0 Å². The smallest absolute Gasteiger partial charge is 0.257 e. The van der Waals surface area contributed by atoms with Crippen LogP contribution in [0.4, 0.5) is 10.1 Å². The van der Waals surface area contributed by atoms with Crippen molar-refractivity contribution in [3.05, 3.63) is 65.6 Å². The van der Waals surface area contributed by atoms with Gasteiger partial charge in [-0.15, -0.1) is 0 Å². The largest absolute Gasteiger partial charge is 0.497 e. The van der Waals surface area contributed by atoms with Crippen molar-refractivity contribution in [1.29, 1.82) is 0 Å². The van der Waals surface area contributed by atoms with E-state index in [2.05, 4.69) is 10.2 Å². The highest BCUT2D eigenvalue weighted by atomic mass is 19.1. The molecule has 0 bridgehead atoms. The predicted molar refractivity (Wildman–Crippen MR) is 115 cm³/mol.